The molecule has 1 aliphatic heterocycles. The summed E-state index contributed by atoms with van der Waals surface area (Å²) in [5.41, 5.74) is 2.91. The van der Waals surface area contributed by atoms with Gasteiger partial charge in [-0.15, -0.1) is 0 Å². The second-order valence-corrected chi connectivity index (χ2v) is 7.78. The molecule has 0 unspecified atom stereocenters. The first-order chi connectivity index (χ1) is 14.6. The molecule has 8 heteroatoms. The molecule has 2 amide bonds. The number of benzene rings is 1. The van der Waals surface area contributed by atoms with Gasteiger partial charge in [-0.05, 0) is 31.4 Å². The van der Waals surface area contributed by atoms with Crippen molar-refractivity contribution in [2.75, 3.05) is 10.6 Å². The third-order valence-corrected chi connectivity index (χ3v) is 5.32. The first kappa shape index (κ1) is 18.4. The maximum absolute atomic E-state index is 12.0. The largest absolute Gasteiger partial charge is 0.367 e. The number of hydrogen-bond acceptors (Lipinski definition) is 6. The fourth-order valence-corrected chi connectivity index (χ4v) is 3.55. The van der Waals surface area contributed by atoms with Gasteiger partial charge in [-0.3, -0.25) is 14.9 Å². The van der Waals surface area contributed by atoms with Crippen LogP contribution in [0, 0.1) is 0 Å². The molecule has 8 nitrogen and oxygen atoms in total. The quantitative estimate of drug-likeness (QED) is 0.433. The summed E-state index contributed by atoms with van der Waals surface area (Å²) >= 11 is 0. The molecule has 1 saturated heterocycles. The van der Waals surface area contributed by atoms with Gasteiger partial charge in [0.15, 0.2) is 5.65 Å². The molecular formula is C22H22N6O2. The number of hydrogen-bond donors (Lipinski definition) is 3. The fourth-order valence-electron chi connectivity index (χ4n) is 3.55. The average Bonchev–Trinajstić information content (AvgIpc) is 3.37. The predicted molar refractivity (Wildman–Crippen MR) is 114 cm³/mol. The van der Waals surface area contributed by atoms with Crippen LogP contribution in [0.1, 0.15) is 43.4 Å². The Labute approximate surface area is 173 Å². The molecule has 1 atom stereocenters. The molecule has 0 bridgehead atoms. The van der Waals surface area contributed by atoms with E-state index in [0.29, 0.717) is 28.6 Å². The normalized spacial score (nSPS) is 18.6. The zero-order chi connectivity index (χ0) is 20.7. The van der Waals surface area contributed by atoms with Crippen LogP contribution >= 0.6 is 0 Å². The van der Waals surface area contributed by atoms with Crippen LogP contribution in [0.15, 0.2) is 48.2 Å². The molecule has 152 valence electrons. The lowest BCUT2D eigenvalue weighted by atomic mass is 10.1. The SMILES string of the molecule is C[C@H](Nc1cc(NC2CC2)n2ncc(C=C3CC(=O)NC3=O)c2n1)c1ccccc1. The molecule has 3 N–H and O–H groups in total. The summed E-state index contributed by atoms with van der Waals surface area (Å²) in [6, 6.07) is 12.6. The fraction of sp³-hybridized carbons (Fsp3) is 0.273. The smallest absolute Gasteiger partial charge is 0.254 e. The Balaban J connectivity index is 1.53. The van der Waals surface area contributed by atoms with Crippen molar-refractivity contribution in [3.63, 3.8) is 0 Å². The molecule has 1 aliphatic carbocycles. The Morgan fingerprint density at radius 1 is 1.23 bits per heavy atom. The number of amides is 2. The topological polar surface area (TPSA) is 100 Å². The zero-order valence-corrected chi connectivity index (χ0v) is 16.6. The lowest BCUT2D eigenvalue weighted by molar-refractivity contribution is -0.124. The van der Waals surface area contributed by atoms with Crippen LogP contribution in [0.4, 0.5) is 11.6 Å². The molecule has 0 spiro atoms. The van der Waals surface area contributed by atoms with Gasteiger partial charge in [-0.1, -0.05) is 30.3 Å². The van der Waals surface area contributed by atoms with Crippen LogP contribution in [0.3, 0.4) is 0 Å². The third kappa shape index (κ3) is 3.63. The van der Waals surface area contributed by atoms with Crippen LogP contribution < -0.4 is 16.0 Å². The number of carbonyl (C=O) groups is 2. The molecule has 2 aliphatic rings. The maximum atomic E-state index is 12.0. The minimum Gasteiger partial charge on any atom is -0.367 e. The van der Waals surface area contributed by atoms with Gasteiger partial charge in [0.25, 0.3) is 5.91 Å². The summed E-state index contributed by atoms with van der Waals surface area (Å²) in [7, 11) is 0. The Morgan fingerprint density at radius 2 is 2.03 bits per heavy atom. The second kappa shape index (κ2) is 7.29. The monoisotopic (exact) mass is 402 g/mol. The van der Waals surface area contributed by atoms with Gasteiger partial charge in [0.1, 0.15) is 11.6 Å². The summed E-state index contributed by atoms with van der Waals surface area (Å²) in [6.45, 7) is 2.09. The van der Waals surface area contributed by atoms with Crippen LogP contribution in [-0.4, -0.2) is 32.5 Å². The van der Waals surface area contributed by atoms with E-state index in [1.165, 1.54) is 0 Å². The van der Waals surface area contributed by atoms with E-state index < -0.39 is 0 Å². The lowest BCUT2D eigenvalue weighted by Crippen LogP contribution is -2.19. The van der Waals surface area contributed by atoms with E-state index >= 15 is 0 Å². The van der Waals surface area contributed by atoms with Gasteiger partial charge in [0, 0.05) is 29.3 Å². The van der Waals surface area contributed by atoms with Gasteiger partial charge in [-0.25, -0.2) is 4.98 Å². The van der Waals surface area contributed by atoms with Gasteiger partial charge in [0.05, 0.1) is 12.6 Å². The number of anilines is 2. The molecule has 2 fully saturated rings. The molecule has 3 aromatic rings. The van der Waals surface area contributed by atoms with Gasteiger partial charge < -0.3 is 10.6 Å². The third-order valence-electron chi connectivity index (χ3n) is 5.32. The van der Waals surface area contributed by atoms with Crippen molar-refractivity contribution in [2.45, 2.75) is 38.3 Å². The zero-order valence-electron chi connectivity index (χ0n) is 16.6. The number of carbonyl (C=O) groups excluding carboxylic acids is 2. The Hall–Kier alpha value is -3.68. The van der Waals surface area contributed by atoms with E-state index in [1.54, 1.807) is 16.8 Å². The summed E-state index contributed by atoms with van der Waals surface area (Å²) in [6.07, 6.45) is 5.71. The van der Waals surface area contributed by atoms with Gasteiger partial charge in [0.2, 0.25) is 5.91 Å². The molecule has 1 aromatic carbocycles. The van der Waals surface area contributed by atoms with Crippen molar-refractivity contribution in [1.82, 2.24) is 19.9 Å². The molecule has 2 aromatic heterocycles. The number of aromatic nitrogens is 3. The van der Waals surface area contributed by atoms with E-state index in [2.05, 4.69) is 40.1 Å². The molecule has 5 rings (SSSR count). The predicted octanol–water partition coefficient (Wildman–Crippen LogP) is 2.91. The Kier molecular flexibility index (Phi) is 4.46. The first-order valence-electron chi connectivity index (χ1n) is 10.1. The highest BCUT2D eigenvalue weighted by Crippen LogP contribution is 2.29. The average molecular weight is 402 g/mol. The van der Waals surface area contributed by atoms with Crippen molar-refractivity contribution >= 4 is 35.2 Å². The van der Waals surface area contributed by atoms with E-state index in [0.717, 1.165) is 24.2 Å². The number of nitrogens with one attached hydrogen (secondary N) is 3. The summed E-state index contributed by atoms with van der Waals surface area (Å²) in [5.74, 6) is 0.921. The first-order valence-corrected chi connectivity index (χ1v) is 10.1. The molecular weight excluding hydrogens is 380 g/mol. The van der Waals surface area contributed by atoms with Crippen LogP contribution in [0.25, 0.3) is 11.7 Å². The van der Waals surface area contributed by atoms with Crippen molar-refractivity contribution in [3.8, 4) is 0 Å². The van der Waals surface area contributed by atoms with Crippen molar-refractivity contribution < 1.29 is 9.59 Å². The van der Waals surface area contributed by atoms with Crippen molar-refractivity contribution in [3.05, 3.63) is 59.3 Å². The summed E-state index contributed by atoms with van der Waals surface area (Å²) in [5, 5.41) is 13.7. The Bertz CT molecular complexity index is 1160. The highest BCUT2D eigenvalue weighted by molar-refractivity contribution is 6.15. The van der Waals surface area contributed by atoms with Gasteiger partial charge >= 0.3 is 0 Å². The second-order valence-electron chi connectivity index (χ2n) is 7.78. The number of fused-ring (bicyclic) bond motifs is 1. The summed E-state index contributed by atoms with van der Waals surface area (Å²) in [4.78, 5) is 28.2. The lowest BCUT2D eigenvalue weighted by Gasteiger charge is -2.17. The molecule has 0 radical (unpaired) electrons. The van der Waals surface area contributed by atoms with Crippen LogP contribution in [0.2, 0.25) is 0 Å². The van der Waals surface area contributed by atoms with E-state index in [-0.39, 0.29) is 24.3 Å². The van der Waals surface area contributed by atoms with Gasteiger partial charge in [-0.2, -0.15) is 9.61 Å². The number of nitrogens with zero attached hydrogens (tertiary/aromatic N) is 3. The van der Waals surface area contributed by atoms with Crippen LogP contribution in [0.5, 0.6) is 0 Å². The number of imide groups is 1. The highest BCUT2D eigenvalue weighted by atomic mass is 16.2. The highest BCUT2D eigenvalue weighted by Gasteiger charge is 2.26. The summed E-state index contributed by atoms with van der Waals surface area (Å²) < 4.78 is 1.75. The van der Waals surface area contributed by atoms with Crippen LogP contribution in [-0.2, 0) is 9.59 Å². The standard InChI is InChI=1S/C22H22N6O2/c1-13(14-5-3-2-4-6-14)24-18-11-19(25-17-7-8-17)28-21(26-18)16(12-23-28)9-15-10-20(29)27-22(15)30/h2-6,9,11-13,17,25H,7-8,10H2,1H3,(H,24,26)(H,27,29,30)/t13-/m0/s1. The number of rotatable bonds is 6. The van der Waals surface area contributed by atoms with E-state index in [1.807, 2.05) is 24.3 Å². The van der Waals surface area contributed by atoms with E-state index in [4.69, 9.17) is 4.98 Å². The van der Waals surface area contributed by atoms with Crippen molar-refractivity contribution in [1.29, 1.82) is 0 Å². The molecule has 1 saturated carbocycles. The maximum Gasteiger partial charge on any atom is 0.254 e. The minimum absolute atomic E-state index is 0.0675. The minimum atomic E-state index is -0.359. The molecule has 30 heavy (non-hydrogen) atoms. The van der Waals surface area contributed by atoms with E-state index in [9.17, 15) is 9.59 Å². The van der Waals surface area contributed by atoms with Crippen molar-refractivity contribution in [2.24, 2.45) is 0 Å². The Morgan fingerprint density at radius 3 is 2.73 bits per heavy atom. The molecule has 3 heterocycles.